The lowest BCUT2D eigenvalue weighted by Crippen LogP contribution is -2.14. The number of rotatable bonds is 8. The van der Waals surface area contributed by atoms with Crippen molar-refractivity contribution in [1.29, 1.82) is 0 Å². The number of methoxy groups -OCH3 is 2. The van der Waals surface area contributed by atoms with E-state index in [1.807, 2.05) is 24.3 Å². The number of aromatic nitrogens is 3. The molecule has 0 atom stereocenters. The molecule has 39 heavy (non-hydrogen) atoms. The van der Waals surface area contributed by atoms with Crippen LogP contribution in [0.1, 0.15) is 64.3 Å². The minimum absolute atomic E-state index is 0.184. The van der Waals surface area contributed by atoms with Gasteiger partial charge in [-0.15, -0.1) is 0 Å². The first-order chi connectivity index (χ1) is 18.9. The van der Waals surface area contributed by atoms with Crippen molar-refractivity contribution in [3.8, 4) is 23.0 Å². The highest BCUT2D eigenvalue weighted by Gasteiger charge is 2.20. The number of carbonyl (C=O) groups is 2. The van der Waals surface area contributed by atoms with Crippen molar-refractivity contribution < 1.29 is 24.2 Å². The number of ether oxygens (including phenoxy) is 2. The van der Waals surface area contributed by atoms with Crippen molar-refractivity contribution in [2.75, 3.05) is 19.5 Å². The number of nitrogens with two attached hydrogens (primary N) is 1. The van der Waals surface area contributed by atoms with Gasteiger partial charge in [0.1, 0.15) is 0 Å². The molecule has 1 aliphatic carbocycles. The molecule has 1 amide bonds. The van der Waals surface area contributed by atoms with Crippen molar-refractivity contribution >= 4 is 34.2 Å². The highest BCUT2D eigenvalue weighted by Crippen LogP contribution is 2.37. The summed E-state index contributed by atoms with van der Waals surface area (Å²) in [6.07, 6.45) is 8.51. The first-order valence-electron chi connectivity index (χ1n) is 12.7. The zero-order valence-electron chi connectivity index (χ0n) is 21.7. The van der Waals surface area contributed by atoms with Crippen molar-refractivity contribution in [2.45, 2.75) is 38.0 Å². The molecule has 5 rings (SSSR count). The third kappa shape index (κ3) is 5.31. The quantitative estimate of drug-likeness (QED) is 0.277. The predicted octanol–water partition coefficient (Wildman–Crippen LogP) is 5.30. The number of benzene rings is 2. The molecule has 2 aromatic heterocycles. The van der Waals surface area contributed by atoms with E-state index in [2.05, 4.69) is 20.3 Å². The summed E-state index contributed by atoms with van der Waals surface area (Å²) in [5.41, 5.74) is 10.1. The Morgan fingerprint density at radius 1 is 1.00 bits per heavy atom. The monoisotopic (exact) mass is 527 g/mol. The normalized spacial score (nSPS) is 13.7. The number of carboxylic acids is 1. The molecule has 2 aromatic carbocycles. The molecular formula is C29H29N5O5. The van der Waals surface area contributed by atoms with Crippen LogP contribution in [0.15, 0.2) is 48.8 Å². The molecule has 200 valence electrons. The Hall–Kier alpha value is -4.73. The van der Waals surface area contributed by atoms with Gasteiger partial charge in [-0.25, -0.2) is 9.78 Å². The van der Waals surface area contributed by atoms with E-state index in [-0.39, 0.29) is 17.1 Å². The number of nitrogens with zero attached hydrogens (tertiary/aromatic N) is 3. The minimum atomic E-state index is -1.01. The van der Waals surface area contributed by atoms with Gasteiger partial charge in [-0.2, -0.15) is 4.98 Å². The van der Waals surface area contributed by atoms with Crippen LogP contribution in [0, 0.1) is 0 Å². The summed E-state index contributed by atoms with van der Waals surface area (Å²) in [5, 5.41) is 13.7. The lowest BCUT2D eigenvalue weighted by Gasteiger charge is -2.23. The van der Waals surface area contributed by atoms with Crippen LogP contribution in [0.2, 0.25) is 0 Å². The summed E-state index contributed by atoms with van der Waals surface area (Å²) >= 11 is 0. The van der Waals surface area contributed by atoms with E-state index in [9.17, 15) is 14.7 Å². The van der Waals surface area contributed by atoms with Crippen LogP contribution in [0.5, 0.6) is 11.9 Å². The van der Waals surface area contributed by atoms with Crippen LogP contribution < -0.4 is 20.5 Å². The van der Waals surface area contributed by atoms with Gasteiger partial charge in [0.05, 0.1) is 42.1 Å². The molecule has 1 aliphatic rings. The van der Waals surface area contributed by atoms with Crippen molar-refractivity contribution in [3.05, 3.63) is 65.5 Å². The van der Waals surface area contributed by atoms with E-state index in [0.717, 1.165) is 36.8 Å². The Labute approximate surface area is 225 Å². The van der Waals surface area contributed by atoms with Crippen molar-refractivity contribution in [2.24, 2.45) is 5.73 Å². The fraction of sp³-hybridized carbons (Fsp3) is 0.276. The van der Waals surface area contributed by atoms with Crippen molar-refractivity contribution in [3.63, 3.8) is 0 Å². The number of nitrogens with one attached hydrogen (secondary N) is 1. The number of amides is 1. The molecule has 1 saturated carbocycles. The van der Waals surface area contributed by atoms with E-state index in [4.69, 9.17) is 15.2 Å². The maximum Gasteiger partial charge on any atom is 0.335 e. The largest absolute Gasteiger partial charge is 0.480 e. The summed E-state index contributed by atoms with van der Waals surface area (Å²) in [7, 11) is 2.99. The zero-order chi connectivity index (χ0) is 27.5. The van der Waals surface area contributed by atoms with Gasteiger partial charge in [-0.1, -0.05) is 31.4 Å². The Bertz CT molecular complexity index is 1570. The SMILES string of the molecule is COc1ncc(-c2ccc3c(Nc4cc(C(=O)O)cc(C5CCCCC5)c4)c(C(N)=O)cnc3c2)c(OC)n1. The van der Waals surface area contributed by atoms with Gasteiger partial charge in [-0.3, -0.25) is 9.78 Å². The molecule has 10 heteroatoms. The number of anilines is 2. The van der Waals surface area contributed by atoms with Gasteiger partial charge in [0.25, 0.3) is 5.91 Å². The molecular weight excluding hydrogens is 498 g/mol. The second-order valence-corrected chi connectivity index (χ2v) is 9.53. The maximum absolute atomic E-state index is 12.4. The van der Waals surface area contributed by atoms with Gasteiger partial charge in [0.15, 0.2) is 0 Å². The third-order valence-electron chi connectivity index (χ3n) is 7.10. The van der Waals surface area contributed by atoms with E-state index in [1.165, 1.54) is 26.8 Å². The Morgan fingerprint density at radius 2 is 1.79 bits per heavy atom. The molecule has 4 N–H and O–H groups in total. The van der Waals surface area contributed by atoms with Crippen LogP contribution in [-0.4, -0.2) is 46.2 Å². The predicted molar refractivity (Wildman–Crippen MR) is 147 cm³/mol. The van der Waals surface area contributed by atoms with Gasteiger partial charge in [0, 0.05) is 23.5 Å². The Kier molecular flexibility index (Phi) is 7.27. The average molecular weight is 528 g/mol. The van der Waals surface area contributed by atoms with E-state index < -0.39 is 11.9 Å². The summed E-state index contributed by atoms with van der Waals surface area (Å²) in [4.78, 5) is 37.2. The molecule has 4 aromatic rings. The number of carbonyl (C=O) groups excluding carboxylic acids is 1. The van der Waals surface area contributed by atoms with Crippen LogP contribution in [0.3, 0.4) is 0 Å². The summed E-state index contributed by atoms with van der Waals surface area (Å²) in [5.74, 6) is -1.02. The van der Waals surface area contributed by atoms with Gasteiger partial charge >= 0.3 is 12.0 Å². The van der Waals surface area contributed by atoms with Crippen LogP contribution in [0.4, 0.5) is 11.4 Å². The molecule has 0 aliphatic heterocycles. The fourth-order valence-corrected chi connectivity index (χ4v) is 5.15. The molecule has 0 spiro atoms. The van der Waals surface area contributed by atoms with Gasteiger partial charge in [-0.05, 0) is 54.2 Å². The first kappa shape index (κ1) is 25.9. The van der Waals surface area contributed by atoms with Gasteiger partial charge < -0.3 is 25.6 Å². The van der Waals surface area contributed by atoms with E-state index >= 15 is 0 Å². The van der Waals surface area contributed by atoms with Crippen molar-refractivity contribution in [1.82, 2.24) is 15.0 Å². The van der Waals surface area contributed by atoms with E-state index in [1.54, 1.807) is 18.3 Å². The molecule has 0 radical (unpaired) electrons. The molecule has 2 heterocycles. The molecule has 0 bridgehead atoms. The average Bonchev–Trinajstić information content (AvgIpc) is 2.96. The highest BCUT2D eigenvalue weighted by molar-refractivity contribution is 6.08. The fourth-order valence-electron chi connectivity index (χ4n) is 5.15. The number of pyridine rings is 1. The number of hydrogen-bond donors (Lipinski definition) is 3. The molecule has 1 fully saturated rings. The van der Waals surface area contributed by atoms with Crippen LogP contribution in [-0.2, 0) is 0 Å². The third-order valence-corrected chi connectivity index (χ3v) is 7.10. The van der Waals surface area contributed by atoms with Crippen LogP contribution in [0.25, 0.3) is 22.0 Å². The van der Waals surface area contributed by atoms with E-state index in [0.29, 0.717) is 39.6 Å². The Balaban J connectivity index is 1.60. The molecule has 0 unspecified atom stereocenters. The summed E-state index contributed by atoms with van der Waals surface area (Å²) in [6, 6.07) is 11.0. The topological polar surface area (TPSA) is 150 Å². The number of hydrogen-bond acceptors (Lipinski definition) is 8. The van der Waals surface area contributed by atoms with Gasteiger partial charge in [0.2, 0.25) is 5.88 Å². The number of primary amides is 1. The second-order valence-electron chi connectivity index (χ2n) is 9.53. The lowest BCUT2D eigenvalue weighted by atomic mass is 9.83. The molecule has 10 nitrogen and oxygen atoms in total. The Morgan fingerprint density at radius 3 is 2.49 bits per heavy atom. The number of fused-ring (bicyclic) bond motifs is 1. The maximum atomic E-state index is 12.4. The molecule has 0 saturated heterocycles. The standard InChI is InChI=1S/C29H29N5O5/c1-38-27-22(14-32-29(34-27)39-2)17-8-9-21-24(13-17)31-15-23(26(30)35)25(21)33-20-11-18(10-19(12-20)28(36)37)16-6-4-3-5-7-16/h8-16H,3-7H2,1-2H3,(H2,30,35)(H,31,33)(H,36,37). The first-order valence-corrected chi connectivity index (χ1v) is 12.7. The smallest absolute Gasteiger partial charge is 0.335 e. The number of aromatic carboxylic acids is 1. The summed E-state index contributed by atoms with van der Waals surface area (Å²) < 4.78 is 10.5. The van der Waals surface area contributed by atoms with Crippen LogP contribution >= 0.6 is 0 Å². The summed E-state index contributed by atoms with van der Waals surface area (Å²) in [6.45, 7) is 0. The lowest BCUT2D eigenvalue weighted by molar-refractivity contribution is 0.0696. The number of carboxylic acid groups (broad SMARTS) is 1. The zero-order valence-corrected chi connectivity index (χ0v) is 21.7. The highest BCUT2D eigenvalue weighted by atomic mass is 16.5. The minimum Gasteiger partial charge on any atom is -0.480 e. The second kappa shape index (κ2) is 10.9.